The molecule has 0 saturated carbocycles. The number of alkyl halides is 6. The molecule has 0 unspecified atom stereocenters. The lowest BCUT2D eigenvalue weighted by Gasteiger charge is -2.51. The van der Waals surface area contributed by atoms with Crippen molar-refractivity contribution in [3.05, 3.63) is 335 Å². The summed E-state index contributed by atoms with van der Waals surface area (Å²) < 4.78 is 110. The Hall–Kier alpha value is -12.5. The van der Waals surface area contributed by atoms with E-state index in [0.29, 0.717) is 5.56 Å². The molecule has 39 heteroatoms. The predicted molar refractivity (Wildman–Crippen MR) is 480 cm³/mol. The molecule has 0 radical (unpaired) electrons. The Labute approximate surface area is 804 Å². The largest absolute Gasteiger partial charge is 0.467 e. The van der Waals surface area contributed by atoms with Crippen molar-refractivity contribution in [2.75, 3.05) is 27.4 Å². The smallest absolute Gasteiger partial charge is 0.338 e. The fourth-order valence-electron chi connectivity index (χ4n) is 15.1. The zero-order valence-electron chi connectivity index (χ0n) is 71.3. The van der Waals surface area contributed by atoms with E-state index in [2.05, 4.69) is 10.6 Å². The van der Waals surface area contributed by atoms with E-state index in [9.17, 15) is 33.9 Å². The molecule has 4 saturated heterocycles. The SMILES string of the molecule is COC(=O)[C@H]1O[C@@H](O[C@@H]2[C@@H](NC(=O)C(Cl)(Cl)Cl)[C@H](O[C@H]3[C@H](OC(=O)c4ccccc4)[C@@H](OC(=O)c4ccccc4)[C@H](O[C@@H]4[C@@H](NC(=O)C(Cl)(Cl)Cl)[C@H](OCc5ccc6ccccc6c5)O[C@H](COC(=O)c5ccccc5)[C@H]4OC(=O)c4ccccc4)O[C@@H]3C(=O)OC)O[C@H](COC(=O)c3ccccc3)[C@H]2OC(=O)c2ccccc2)[C@H](OC(=O)c2ccccc2)[C@@H](OC(=O)c2ccccc2)[C@@H]1O. The van der Waals surface area contributed by atoms with Crippen LogP contribution in [0.25, 0.3) is 10.8 Å². The highest BCUT2D eigenvalue weighted by molar-refractivity contribution is 6.76. The average Bonchev–Trinajstić information content (AvgIpc) is 0.742. The summed E-state index contributed by atoms with van der Waals surface area (Å²) in [4.78, 5) is 180. The number of carbonyl (C=O) groups is 12. The summed E-state index contributed by atoms with van der Waals surface area (Å²) in [5.41, 5.74) is -0.952. The first-order valence-corrected chi connectivity index (χ1v) is 44.0. The second kappa shape index (κ2) is 45.9. The number of carbonyl (C=O) groups excluding carboxylic acids is 12. The van der Waals surface area contributed by atoms with Gasteiger partial charge in [-0.3, -0.25) is 9.59 Å². The van der Waals surface area contributed by atoms with Crippen molar-refractivity contribution in [1.29, 1.82) is 0 Å². The lowest BCUT2D eigenvalue weighted by molar-refractivity contribution is -0.368. The van der Waals surface area contributed by atoms with Gasteiger partial charge in [0.2, 0.25) is 0 Å². The summed E-state index contributed by atoms with van der Waals surface area (Å²) in [6.07, 6.45) is -43.0. The molecular weight excluding hydrogens is 1900 g/mol. The first kappa shape index (κ1) is 99.4. The van der Waals surface area contributed by atoms with Gasteiger partial charge in [-0.2, -0.15) is 0 Å². The molecule has 10 aromatic carbocycles. The van der Waals surface area contributed by atoms with Gasteiger partial charge >= 0.3 is 59.7 Å². The number of aliphatic hydroxyl groups is 1. The maximum absolute atomic E-state index is 15.8. The molecule has 136 heavy (non-hydrogen) atoms. The number of hydrogen-bond donors (Lipinski definition) is 3. The lowest BCUT2D eigenvalue weighted by atomic mass is 9.93. The van der Waals surface area contributed by atoms with Gasteiger partial charge in [-0.05, 0) is 119 Å². The van der Waals surface area contributed by atoms with Gasteiger partial charge in [0.1, 0.15) is 61.9 Å². The molecule has 20 atom stereocenters. The number of nitrogens with one attached hydrogen (secondary N) is 2. The maximum atomic E-state index is 15.8. The van der Waals surface area contributed by atoms with Crippen molar-refractivity contribution in [2.24, 2.45) is 0 Å². The number of methoxy groups -OCH3 is 2. The number of ether oxygens (including phenoxy) is 18. The highest BCUT2D eigenvalue weighted by Crippen LogP contribution is 2.42. The summed E-state index contributed by atoms with van der Waals surface area (Å²) in [5.74, 6) is -15.8. The topological polar surface area (TPSA) is 415 Å². The molecule has 0 spiro atoms. The van der Waals surface area contributed by atoms with E-state index in [1.165, 1.54) is 200 Å². The molecule has 0 aliphatic carbocycles. The van der Waals surface area contributed by atoms with Crippen LogP contribution in [0.15, 0.2) is 285 Å². The minimum atomic E-state index is -3.13. The molecule has 4 aliphatic heterocycles. The Morgan fingerprint density at radius 3 is 0.971 bits per heavy atom. The van der Waals surface area contributed by atoms with E-state index in [4.69, 9.17) is 155 Å². The Balaban J connectivity index is 0.977. The summed E-state index contributed by atoms with van der Waals surface area (Å²) >= 11 is 39.0. The Morgan fingerprint density at radius 2 is 0.603 bits per heavy atom. The van der Waals surface area contributed by atoms with Gasteiger partial charge in [-0.25, -0.2) is 47.9 Å². The van der Waals surface area contributed by atoms with E-state index < -0.39 is 222 Å². The van der Waals surface area contributed by atoms with Crippen molar-refractivity contribution in [2.45, 2.75) is 137 Å². The molecule has 4 fully saturated rings. The van der Waals surface area contributed by atoms with Gasteiger partial charge < -0.3 is 101 Å². The molecule has 0 aromatic heterocycles. The Kier molecular flexibility index (Phi) is 33.5. The van der Waals surface area contributed by atoms with Gasteiger partial charge in [0.25, 0.3) is 19.4 Å². The quantitative estimate of drug-likeness (QED) is 0.0206. The third kappa shape index (κ3) is 24.8. The van der Waals surface area contributed by atoms with E-state index in [1.54, 1.807) is 66.7 Å². The van der Waals surface area contributed by atoms with Crippen LogP contribution in [0.1, 0.15) is 88.4 Å². The molecule has 3 N–H and O–H groups in total. The number of esters is 10. The minimum Gasteiger partial charge on any atom is -0.467 e. The second-order valence-electron chi connectivity index (χ2n) is 30.6. The molecule has 14 rings (SSSR count). The molecule has 4 aliphatic rings. The number of benzene rings is 10. The van der Waals surface area contributed by atoms with E-state index in [-0.39, 0.29) is 44.5 Å². The number of aliphatic hydroxyl groups excluding tert-OH is 1. The molecule has 708 valence electrons. The van der Waals surface area contributed by atoms with Crippen LogP contribution < -0.4 is 10.6 Å². The van der Waals surface area contributed by atoms with Crippen molar-refractivity contribution >= 4 is 152 Å². The van der Waals surface area contributed by atoms with Gasteiger partial charge in [0.15, 0.2) is 74.0 Å². The van der Waals surface area contributed by atoms with Crippen LogP contribution in [0.5, 0.6) is 0 Å². The third-order valence-electron chi connectivity index (χ3n) is 21.7. The average molecular weight is 1980 g/mol. The van der Waals surface area contributed by atoms with Gasteiger partial charge in [0, 0.05) is 0 Å². The fraction of sp³-hybridized carbons (Fsp3) is 0.278. The van der Waals surface area contributed by atoms with Crippen LogP contribution in [0, 0.1) is 0 Å². The van der Waals surface area contributed by atoms with Gasteiger partial charge in [-0.15, -0.1) is 0 Å². The first-order chi connectivity index (χ1) is 65.5. The zero-order valence-corrected chi connectivity index (χ0v) is 75.8. The van der Waals surface area contributed by atoms with Crippen molar-refractivity contribution in [3.8, 4) is 0 Å². The first-order valence-electron chi connectivity index (χ1n) is 41.8. The molecule has 33 nitrogen and oxygen atoms in total. The van der Waals surface area contributed by atoms with Crippen molar-refractivity contribution < 1.29 is 148 Å². The molecule has 0 bridgehead atoms. The summed E-state index contributed by atoms with van der Waals surface area (Å²) in [5, 5.41) is 19.1. The third-order valence-corrected chi connectivity index (χ3v) is 22.7. The van der Waals surface area contributed by atoms with E-state index in [0.717, 1.165) is 25.0 Å². The predicted octanol–water partition coefficient (Wildman–Crippen LogP) is 11.9. The molecule has 10 aromatic rings. The van der Waals surface area contributed by atoms with Crippen LogP contribution >= 0.6 is 69.6 Å². The van der Waals surface area contributed by atoms with E-state index in [1.807, 2.05) is 18.2 Å². The summed E-state index contributed by atoms with van der Waals surface area (Å²) in [6.45, 7) is -2.46. The lowest BCUT2D eigenvalue weighted by Crippen LogP contribution is -2.72. The van der Waals surface area contributed by atoms with Crippen molar-refractivity contribution in [1.82, 2.24) is 10.6 Å². The zero-order chi connectivity index (χ0) is 96.3. The molecule has 4 heterocycles. The summed E-state index contributed by atoms with van der Waals surface area (Å²) in [6, 6.07) is 65.0. The van der Waals surface area contributed by atoms with Gasteiger partial charge in [0.05, 0.1) is 65.3 Å². The monoisotopic (exact) mass is 1980 g/mol. The van der Waals surface area contributed by atoms with Crippen molar-refractivity contribution in [3.63, 3.8) is 0 Å². The number of halogens is 6. The Morgan fingerprint density at radius 1 is 0.309 bits per heavy atom. The van der Waals surface area contributed by atoms with Crippen LogP contribution in [-0.2, 0) is 111 Å². The minimum absolute atomic E-state index is 0.00978. The number of fused-ring (bicyclic) bond motifs is 1. The number of hydrogen-bond acceptors (Lipinski definition) is 31. The number of amides is 2. The van der Waals surface area contributed by atoms with Crippen LogP contribution in [-0.4, -0.2) is 234 Å². The maximum Gasteiger partial charge on any atom is 0.338 e. The standard InChI is InChI=1S/C97H82Cl6N2O31/c1-119-88(115)74-68(106)73(128-84(111)59-38-19-7-20-39-59)78(130-86(113)61-42-23-9-24-43-61)92(134-74)133-72-67(105-95(118)97(101,102)103)91(125-65(52-122-81(108)56-32-13-4-14-33-56)70(72)127-83(110)58-36-17-6-18-37-58)135-75-76(129-85(112)60-40-21-8-22-41-60)79(131-87(114)62-44-25-10-26-45-62)93(136-77(75)89(116)120-2)132-71-66(104-94(117)96(98,99)100)90(123-50-53-47-48-54-29-27-28-46-63(54)49-53)124-64(51-121-80(107)55-30-11-3-12-31-55)69(71)126-82(109)57-34-15-5-16-35-57/h3-49,64-79,90-93,106H,50-52H2,1-2H3,(H,104,117)(H,105,118)/t64-,65-,66-,67-,68+,69-,70-,71-,72-,73+,74+,75+,76+,77+,78-,79-,90-,91+,92-,93-/m1/s1. The second-order valence-corrected chi connectivity index (χ2v) is 35.2. The molecular formula is C97H82Cl6N2O31. The van der Waals surface area contributed by atoms with Crippen LogP contribution in [0.2, 0.25) is 0 Å². The van der Waals surface area contributed by atoms with Crippen LogP contribution in [0.3, 0.4) is 0 Å². The summed E-state index contributed by atoms with van der Waals surface area (Å²) in [7, 11) is 1.72. The number of rotatable bonds is 31. The van der Waals surface area contributed by atoms with Crippen LogP contribution in [0.4, 0.5) is 0 Å². The normalized spacial score (nSPS) is 24.8. The highest BCUT2D eigenvalue weighted by atomic mass is 35.6. The van der Waals surface area contributed by atoms with Gasteiger partial charge in [-0.1, -0.05) is 252 Å². The molecule has 2 amide bonds. The Bertz CT molecular complexity index is 5850. The fourth-order valence-corrected chi connectivity index (χ4v) is 15.4. The van der Waals surface area contributed by atoms with E-state index >= 15 is 28.8 Å². The highest BCUT2D eigenvalue weighted by Gasteiger charge is 2.64.